The Morgan fingerprint density at radius 1 is 1.36 bits per heavy atom. The molecule has 3 heterocycles. The van der Waals surface area contributed by atoms with Crippen molar-refractivity contribution in [3.63, 3.8) is 0 Å². The minimum absolute atomic E-state index is 0.00849. The van der Waals surface area contributed by atoms with Crippen LogP contribution in [0.3, 0.4) is 0 Å². The molecule has 15 nitrogen and oxygen atoms in total. The molecule has 5 N–H and O–H groups in total. The number of amides is 1. The number of nitrogens with two attached hydrogens (primary N) is 1. The molecule has 5 atom stereocenters. The van der Waals surface area contributed by atoms with Gasteiger partial charge >= 0.3 is 12.1 Å². The van der Waals surface area contributed by atoms with E-state index in [9.17, 15) is 19.8 Å². The van der Waals surface area contributed by atoms with Gasteiger partial charge in [0.05, 0.1) is 39.0 Å². The third-order valence-electron chi connectivity index (χ3n) is 5.27. The van der Waals surface area contributed by atoms with E-state index in [1.54, 1.807) is 13.8 Å². The summed E-state index contributed by atoms with van der Waals surface area (Å²) in [6.45, 7) is 4.60. The largest absolute Gasteiger partial charge is 0.479 e. The van der Waals surface area contributed by atoms with Gasteiger partial charge in [0.1, 0.15) is 23.9 Å². The first-order chi connectivity index (χ1) is 17.0. The highest BCUT2D eigenvalue weighted by molar-refractivity contribution is 7.94. The predicted molar refractivity (Wildman–Crippen MR) is 126 cm³/mol. The molecule has 0 unspecified atom stereocenters. The average molecular weight is 531 g/mol. The van der Waals surface area contributed by atoms with E-state index in [-0.39, 0.29) is 35.9 Å². The van der Waals surface area contributed by atoms with Crippen molar-refractivity contribution in [1.29, 1.82) is 0 Å². The van der Waals surface area contributed by atoms with Crippen LogP contribution in [0.15, 0.2) is 6.33 Å². The Bertz CT molecular complexity index is 1080. The normalized spacial score (nSPS) is 24.6. The Morgan fingerprint density at radius 2 is 2.08 bits per heavy atom. The third kappa shape index (κ3) is 5.89. The van der Waals surface area contributed by atoms with E-state index in [0.29, 0.717) is 5.52 Å². The lowest BCUT2D eigenvalue weighted by Crippen LogP contribution is -2.45. The summed E-state index contributed by atoms with van der Waals surface area (Å²) >= 11 is 0.850. The molecule has 1 fully saturated rings. The second kappa shape index (κ2) is 11.4. The van der Waals surface area contributed by atoms with E-state index in [1.807, 2.05) is 0 Å². The summed E-state index contributed by atoms with van der Waals surface area (Å²) in [6.07, 6.45) is -3.21. The minimum atomic E-state index is -1.75. The van der Waals surface area contributed by atoms with Crippen LogP contribution >= 0.6 is 12.0 Å². The number of nitrogen functional groups attached to an aromatic ring is 1. The number of aliphatic hydroxyl groups is 2. The molecule has 0 aliphatic carbocycles. The number of hydrogen-bond acceptors (Lipinski definition) is 14. The fraction of sp³-hybridized carbons (Fsp3) is 0.650. The van der Waals surface area contributed by atoms with Gasteiger partial charge in [-0.1, -0.05) is 0 Å². The van der Waals surface area contributed by atoms with Crippen LogP contribution in [0.1, 0.15) is 27.0 Å². The van der Waals surface area contributed by atoms with E-state index >= 15 is 0 Å². The van der Waals surface area contributed by atoms with Crippen molar-refractivity contribution < 1.29 is 42.9 Å². The average Bonchev–Trinajstić information content (AvgIpc) is 3.32. The van der Waals surface area contributed by atoms with Crippen molar-refractivity contribution in [1.82, 2.24) is 24.8 Å². The first-order valence-electron chi connectivity index (χ1n) is 10.9. The third-order valence-corrected chi connectivity index (χ3v) is 6.04. The number of esters is 1. The van der Waals surface area contributed by atoms with Crippen molar-refractivity contribution in [2.45, 2.75) is 57.0 Å². The lowest BCUT2D eigenvalue weighted by atomic mass is 9.96. The van der Waals surface area contributed by atoms with Gasteiger partial charge in [0.15, 0.2) is 17.4 Å². The van der Waals surface area contributed by atoms with Crippen LogP contribution in [-0.2, 0) is 23.2 Å². The van der Waals surface area contributed by atoms with Crippen molar-refractivity contribution >= 4 is 41.2 Å². The maximum Gasteiger partial charge on any atom is 0.407 e. The number of aromatic nitrogens is 4. The topological polar surface area (TPSA) is 202 Å². The molecule has 1 aliphatic rings. The second-order valence-corrected chi connectivity index (χ2v) is 9.16. The number of anilines is 1. The van der Waals surface area contributed by atoms with Gasteiger partial charge in [-0.05, 0) is 32.8 Å². The quantitative estimate of drug-likeness (QED) is 0.178. The maximum absolute atomic E-state index is 12.2. The van der Waals surface area contributed by atoms with Gasteiger partial charge in [-0.2, -0.15) is 9.97 Å². The van der Waals surface area contributed by atoms with Gasteiger partial charge in [-0.3, -0.25) is 4.57 Å². The smallest absolute Gasteiger partial charge is 0.407 e. The first-order valence-corrected chi connectivity index (χ1v) is 11.8. The molecule has 200 valence electrons. The molecule has 0 spiro atoms. The zero-order valence-electron chi connectivity index (χ0n) is 20.4. The number of rotatable bonds is 10. The number of carbonyl (C=O) groups excluding carboxylic acids is 2. The molecule has 1 amide bonds. The van der Waals surface area contributed by atoms with Crippen LogP contribution in [0.2, 0.25) is 0 Å². The summed E-state index contributed by atoms with van der Waals surface area (Å²) in [6, 6.07) is -1.03. The lowest BCUT2D eigenvalue weighted by molar-refractivity contribution is -0.149. The molecule has 0 radical (unpaired) electrons. The Balaban J connectivity index is 1.66. The van der Waals surface area contributed by atoms with E-state index in [0.717, 1.165) is 12.0 Å². The summed E-state index contributed by atoms with van der Waals surface area (Å²) in [7, 11) is 2.58. The number of nitrogens with one attached hydrogen (secondary N) is 1. The molecule has 0 aromatic carbocycles. The summed E-state index contributed by atoms with van der Waals surface area (Å²) in [5.41, 5.74) is 4.54. The van der Waals surface area contributed by atoms with Crippen LogP contribution in [0.25, 0.3) is 11.2 Å². The fourth-order valence-electron chi connectivity index (χ4n) is 3.51. The van der Waals surface area contributed by atoms with E-state index in [2.05, 4.69) is 25.0 Å². The number of alkyl carbamates (subject to hydrolysis) is 1. The molecule has 36 heavy (non-hydrogen) atoms. The van der Waals surface area contributed by atoms with Gasteiger partial charge in [-0.15, -0.1) is 0 Å². The Labute approximate surface area is 210 Å². The summed E-state index contributed by atoms with van der Waals surface area (Å²) < 4.78 is 27.7. The van der Waals surface area contributed by atoms with Crippen molar-refractivity contribution in [2.75, 3.05) is 32.3 Å². The monoisotopic (exact) mass is 530 g/mol. The van der Waals surface area contributed by atoms with Gasteiger partial charge in [0, 0.05) is 0 Å². The van der Waals surface area contributed by atoms with Crippen LogP contribution in [0, 0.1) is 0 Å². The molecule has 1 saturated heterocycles. The SMILES string of the molecule is COC(=O)N[C@@H](CSOC[C@H]1O[C@@H](n2cnc3c(OC)nc(N)nc32)[C@](C)(O)[C@@H]1O)C(=O)OC(C)C. The van der Waals surface area contributed by atoms with E-state index in [1.165, 1.54) is 32.0 Å². The summed E-state index contributed by atoms with van der Waals surface area (Å²) in [5.74, 6) is -0.584. The molecular formula is C20H30N6O9S. The molecule has 2 aromatic heterocycles. The molecule has 0 saturated carbocycles. The number of nitrogens with zero attached hydrogens (tertiary/aromatic N) is 4. The number of aliphatic hydroxyl groups excluding tert-OH is 1. The first kappa shape index (κ1) is 27.7. The fourth-order valence-corrected chi connectivity index (χ4v) is 4.20. The summed E-state index contributed by atoms with van der Waals surface area (Å²) in [5, 5.41) is 24.1. The standard InChI is InChI=1S/C20H30N6O9S/c1-9(2)34-16(28)10(23-19(29)32-5)7-36-33-6-11-13(27)20(3,30)17(35-11)26-8-22-12-14(26)24-18(21)25-15(12)31-4/h8-11,13,17,27,30H,6-7H2,1-5H3,(H,23,29)(H2,21,24,25)/t10-,11+,13+,17+,20+/m0/s1. The second-order valence-electron chi connectivity index (χ2n) is 8.36. The van der Waals surface area contributed by atoms with Crippen molar-refractivity contribution in [3.8, 4) is 5.88 Å². The van der Waals surface area contributed by atoms with E-state index < -0.39 is 42.1 Å². The number of fused-ring (bicyclic) bond motifs is 1. The molecule has 3 rings (SSSR count). The highest BCUT2D eigenvalue weighted by Gasteiger charge is 2.53. The Morgan fingerprint density at radius 3 is 2.72 bits per heavy atom. The zero-order chi connectivity index (χ0) is 26.6. The van der Waals surface area contributed by atoms with Gasteiger partial charge in [-0.25, -0.2) is 14.6 Å². The predicted octanol–water partition coefficient (Wildman–Crippen LogP) is -0.233. The minimum Gasteiger partial charge on any atom is -0.479 e. The Hall–Kier alpha value is -2.92. The summed E-state index contributed by atoms with van der Waals surface area (Å²) in [4.78, 5) is 36.2. The van der Waals surface area contributed by atoms with Crippen LogP contribution in [0.4, 0.5) is 10.7 Å². The van der Waals surface area contributed by atoms with Crippen LogP contribution in [0.5, 0.6) is 5.88 Å². The number of hydrogen-bond donors (Lipinski definition) is 4. The number of ether oxygens (including phenoxy) is 4. The van der Waals surface area contributed by atoms with Crippen LogP contribution in [-0.4, -0.2) is 98.3 Å². The number of methoxy groups -OCH3 is 2. The number of imidazole rings is 1. The van der Waals surface area contributed by atoms with Gasteiger partial charge in [0.25, 0.3) is 0 Å². The van der Waals surface area contributed by atoms with E-state index in [4.69, 9.17) is 24.1 Å². The zero-order valence-corrected chi connectivity index (χ0v) is 21.2. The molecule has 2 aromatic rings. The molecule has 1 aliphatic heterocycles. The molecule has 16 heteroatoms. The van der Waals surface area contributed by atoms with Gasteiger partial charge < -0.3 is 44.4 Å². The highest BCUT2D eigenvalue weighted by Crippen LogP contribution is 2.40. The Kier molecular flexibility index (Phi) is 8.78. The van der Waals surface area contributed by atoms with Crippen LogP contribution < -0.4 is 15.8 Å². The lowest BCUT2D eigenvalue weighted by Gasteiger charge is -2.27. The maximum atomic E-state index is 12.2. The number of carbonyl (C=O) groups is 2. The molecular weight excluding hydrogens is 500 g/mol. The van der Waals surface area contributed by atoms with Crippen molar-refractivity contribution in [3.05, 3.63) is 6.33 Å². The molecule has 0 bridgehead atoms. The van der Waals surface area contributed by atoms with Gasteiger partial charge in [0.2, 0.25) is 11.8 Å². The van der Waals surface area contributed by atoms with Crippen molar-refractivity contribution in [2.24, 2.45) is 0 Å². The highest BCUT2D eigenvalue weighted by atomic mass is 32.2.